The molecule has 0 atom stereocenters. The Hall–Kier alpha value is -2.76. The third-order valence-electron chi connectivity index (χ3n) is 4.05. The molecule has 1 fully saturated rings. The summed E-state index contributed by atoms with van der Waals surface area (Å²) < 4.78 is 15.8. The molecular weight excluding hydrogens is 295 g/mol. The maximum atomic E-state index is 14.0. The van der Waals surface area contributed by atoms with Crippen molar-refractivity contribution in [2.45, 2.75) is 19.8 Å². The molecular formula is C17H15FN4O. The number of halogens is 1. The van der Waals surface area contributed by atoms with Crippen molar-refractivity contribution in [3.63, 3.8) is 0 Å². The first-order valence-electron chi connectivity index (χ1n) is 7.53. The molecule has 1 N–H and O–H groups in total. The Morgan fingerprint density at radius 3 is 2.87 bits per heavy atom. The van der Waals surface area contributed by atoms with E-state index in [1.54, 1.807) is 28.9 Å². The van der Waals surface area contributed by atoms with E-state index in [0.717, 1.165) is 24.0 Å². The minimum absolute atomic E-state index is 0.0165. The van der Waals surface area contributed by atoms with Gasteiger partial charge in [0, 0.05) is 29.4 Å². The first kappa shape index (κ1) is 13.9. The summed E-state index contributed by atoms with van der Waals surface area (Å²) in [6, 6.07) is 5.38. The van der Waals surface area contributed by atoms with Crippen molar-refractivity contribution in [3.8, 4) is 11.1 Å². The van der Waals surface area contributed by atoms with Gasteiger partial charge in [-0.15, -0.1) is 0 Å². The summed E-state index contributed by atoms with van der Waals surface area (Å²) in [4.78, 5) is 19.9. The summed E-state index contributed by atoms with van der Waals surface area (Å²) in [5, 5.41) is 2.82. The lowest BCUT2D eigenvalue weighted by molar-refractivity contribution is -0.117. The highest BCUT2D eigenvalue weighted by Gasteiger charge is 2.30. The Balaban J connectivity index is 1.71. The van der Waals surface area contributed by atoms with Gasteiger partial charge in [0.05, 0.1) is 6.20 Å². The van der Waals surface area contributed by atoms with Gasteiger partial charge in [-0.05, 0) is 43.5 Å². The molecule has 0 aromatic carbocycles. The third-order valence-corrected chi connectivity index (χ3v) is 4.05. The monoisotopic (exact) mass is 310 g/mol. The Bertz CT molecular complexity index is 894. The zero-order chi connectivity index (χ0) is 16.0. The number of pyridine rings is 2. The maximum absolute atomic E-state index is 14.0. The molecule has 3 aromatic heterocycles. The number of amides is 1. The molecule has 6 heteroatoms. The number of hydrogen-bond donors (Lipinski definition) is 1. The molecule has 0 bridgehead atoms. The second kappa shape index (κ2) is 5.15. The largest absolute Gasteiger partial charge is 0.309 e. The number of imidazole rings is 1. The van der Waals surface area contributed by atoms with Gasteiger partial charge in [0.15, 0.2) is 5.82 Å². The molecule has 0 aliphatic heterocycles. The first-order chi connectivity index (χ1) is 11.1. The zero-order valence-electron chi connectivity index (χ0n) is 12.6. The van der Waals surface area contributed by atoms with E-state index in [1.165, 1.54) is 6.20 Å². The molecule has 3 heterocycles. The molecule has 23 heavy (non-hydrogen) atoms. The number of nitrogens with zero attached hydrogens (tertiary/aromatic N) is 3. The van der Waals surface area contributed by atoms with Crippen LogP contribution in [-0.4, -0.2) is 20.3 Å². The topological polar surface area (TPSA) is 59.3 Å². The van der Waals surface area contributed by atoms with E-state index in [-0.39, 0.29) is 11.8 Å². The van der Waals surface area contributed by atoms with Crippen molar-refractivity contribution in [2.24, 2.45) is 5.92 Å². The van der Waals surface area contributed by atoms with Gasteiger partial charge in [-0.25, -0.2) is 9.97 Å². The molecule has 5 nitrogen and oxygen atoms in total. The summed E-state index contributed by atoms with van der Waals surface area (Å²) in [6.45, 7) is 1.85. The fraction of sp³-hybridized carbons (Fsp3) is 0.235. The third kappa shape index (κ3) is 2.56. The standard InChI is InChI=1S/C17H15FN4O/c1-10-6-7-19-16(18)15(10)12-4-5-14-20-13(9-22(14)8-12)21-17(23)11-2-3-11/h4-9,11H,2-3H2,1H3,(H,21,23). The van der Waals surface area contributed by atoms with Crippen molar-refractivity contribution in [1.29, 1.82) is 0 Å². The minimum Gasteiger partial charge on any atom is -0.309 e. The van der Waals surface area contributed by atoms with E-state index in [1.807, 2.05) is 13.0 Å². The first-order valence-corrected chi connectivity index (χ1v) is 7.53. The number of aromatic nitrogens is 3. The molecule has 3 aromatic rings. The molecule has 1 saturated carbocycles. The second-order valence-corrected chi connectivity index (χ2v) is 5.87. The average molecular weight is 310 g/mol. The summed E-state index contributed by atoms with van der Waals surface area (Å²) in [6.07, 6.45) is 6.88. The Kier molecular flexibility index (Phi) is 3.11. The number of aryl methyl sites for hydroxylation is 1. The lowest BCUT2D eigenvalue weighted by atomic mass is 10.0. The Morgan fingerprint density at radius 1 is 1.30 bits per heavy atom. The van der Waals surface area contributed by atoms with Gasteiger partial charge in [-0.1, -0.05) is 0 Å². The predicted molar refractivity (Wildman–Crippen MR) is 84.5 cm³/mol. The van der Waals surface area contributed by atoms with Crippen LogP contribution in [0.15, 0.2) is 36.8 Å². The zero-order valence-corrected chi connectivity index (χ0v) is 12.6. The lowest BCUT2D eigenvalue weighted by Gasteiger charge is -2.06. The number of anilines is 1. The van der Waals surface area contributed by atoms with Crippen molar-refractivity contribution in [2.75, 3.05) is 5.32 Å². The van der Waals surface area contributed by atoms with Crippen LogP contribution < -0.4 is 5.32 Å². The molecule has 1 aliphatic rings. The average Bonchev–Trinajstić information content (AvgIpc) is 3.28. The van der Waals surface area contributed by atoms with Crippen molar-refractivity contribution >= 4 is 17.4 Å². The summed E-state index contributed by atoms with van der Waals surface area (Å²) in [7, 11) is 0. The molecule has 1 amide bonds. The normalized spacial score (nSPS) is 14.2. The number of rotatable bonds is 3. The highest BCUT2D eigenvalue weighted by molar-refractivity contribution is 5.93. The van der Waals surface area contributed by atoms with Gasteiger partial charge >= 0.3 is 0 Å². The van der Waals surface area contributed by atoms with Crippen LogP contribution in [0.1, 0.15) is 18.4 Å². The van der Waals surface area contributed by atoms with E-state index in [0.29, 0.717) is 17.0 Å². The smallest absolute Gasteiger partial charge is 0.228 e. The molecule has 4 rings (SSSR count). The number of carbonyl (C=O) groups excluding carboxylic acids is 1. The van der Waals surface area contributed by atoms with Gasteiger partial charge < -0.3 is 9.72 Å². The van der Waals surface area contributed by atoms with Crippen LogP contribution in [0.2, 0.25) is 0 Å². The van der Waals surface area contributed by atoms with Crippen LogP contribution in [0.3, 0.4) is 0 Å². The quantitative estimate of drug-likeness (QED) is 0.756. The number of nitrogens with one attached hydrogen (secondary N) is 1. The number of hydrogen-bond acceptors (Lipinski definition) is 3. The lowest BCUT2D eigenvalue weighted by Crippen LogP contribution is -2.13. The molecule has 0 unspecified atom stereocenters. The van der Waals surface area contributed by atoms with E-state index < -0.39 is 5.95 Å². The Morgan fingerprint density at radius 2 is 2.13 bits per heavy atom. The maximum Gasteiger partial charge on any atom is 0.228 e. The molecule has 1 aliphatic carbocycles. The van der Waals surface area contributed by atoms with E-state index in [4.69, 9.17) is 0 Å². The number of fused-ring (bicyclic) bond motifs is 1. The molecule has 0 saturated heterocycles. The van der Waals surface area contributed by atoms with Gasteiger partial charge in [-0.3, -0.25) is 4.79 Å². The van der Waals surface area contributed by atoms with Gasteiger partial charge in [-0.2, -0.15) is 4.39 Å². The van der Waals surface area contributed by atoms with Crippen LogP contribution in [0.25, 0.3) is 16.8 Å². The summed E-state index contributed by atoms with van der Waals surface area (Å²) in [5.41, 5.74) is 2.71. The van der Waals surface area contributed by atoms with Gasteiger partial charge in [0.2, 0.25) is 11.9 Å². The van der Waals surface area contributed by atoms with Crippen molar-refractivity contribution < 1.29 is 9.18 Å². The highest BCUT2D eigenvalue weighted by atomic mass is 19.1. The number of carbonyl (C=O) groups is 1. The van der Waals surface area contributed by atoms with Gasteiger partial charge in [0.25, 0.3) is 0 Å². The second-order valence-electron chi connectivity index (χ2n) is 5.87. The van der Waals surface area contributed by atoms with Crippen molar-refractivity contribution in [1.82, 2.24) is 14.4 Å². The fourth-order valence-electron chi connectivity index (χ4n) is 2.65. The van der Waals surface area contributed by atoms with Crippen LogP contribution >= 0.6 is 0 Å². The summed E-state index contributed by atoms with van der Waals surface area (Å²) in [5.74, 6) is 0.166. The van der Waals surface area contributed by atoms with Gasteiger partial charge in [0.1, 0.15) is 5.65 Å². The fourth-order valence-corrected chi connectivity index (χ4v) is 2.65. The predicted octanol–water partition coefficient (Wildman–Crippen LogP) is 3.19. The van der Waals surface area contributed by atoms with Crippen LogP contribution in [0, 0.1) is 18.8 Å². The van der Waals surface area contributed by atoms with Crippen LogP contribution in [0.5, 0.6) is 0 Å². The van der Waals surface area contributed by atoms with Crippen LogP contribution in [-0.2, 0) is 4.79 Å². The minimum atomic E-state index is -0.494. The Labute approximate surface area is 132 Å². The molecule has 0 spiro atoms. The SMILES string of the molecule is Cc1ccnc(F)c1-c1ccc2nc(NC(=O)C3CC3)cn2c1. The van der Waals surface area contributed by atoms with Crippen molar-refractivity contribution in [3.05, 3.63) is 48.3 Å². The summed E-state index contributed by atoms with van der Waals surface area (Å²) >= 11 is 0. The molecule has 116 valence electrons. The highest BCUT2D eigenvalue weighted by Crippen LogP contribution is 2.30. The van der Waals surface area contributed by atoms with Crippen LogP contribution in [0.4, 0.5) is 10.2 Å². The molecule has 0 radical (unpaired) electrons. The van der Waals surface area contributed by atoms with E-state index in [9.17, 15) is 9.18 Å². The van der Waals surface area contributed by atoms with E-state index in [2.05, 4.69) is 15.3 Å². The van der Waals surface area contributed by atoms with E-state index >= 15 is 0 Å².